The van der Waals surface area contributed by atoms with Gasteiger partial charge in [0.25, 0.3) is 5.97 Å². The second kappa shape index (κ2) is 14.4. The van der Waals surface area contributed by atoms with Crippen molar-refractivity contribution in [3.63, 3.8) is 0 Å². The highest BCUT2D eigenvalue weighted by Gasteiger charge is 2.00. The summed E-state index contributed by atoms with van der Waals surface area (Å²) in [4.78, 5) is 9.00. The van der Waals surface area contributed by atoms with Crippen molar-refractivity contribution >= 4 is 5.97 Å². The summed E-state index contributed by atoms with van der Waals surface area (Å²) < 4.78 is 0. The number of carboxylic acid groups (broad SMARTS) is 1. The van der Waals surface area contributed by atoms with Crippen LogP contribution in [-0.2, 0) is 4.79 Å². The molecule has 0 aliphatic rings. The van der Waals surface area contributed by atoms with Gasteiger partial charge in [0, 0.05) is 13.0 Å². The fourth-order valence-corrected chi connectivity index (χ4v) is 1.44. The van der Waals surface area contributed by atoms with E-state index >= 15 is 0 Å². The van der Waals surface area contributed by atoms with Gasteiger partial charge in [-0.05, 0) is 12.8 Å². The van der Waals surface area contributed by atoms with Crippen LogP contribution in [0.4, 0.5) is 0 Å². The fraction of sp³-hybridized carbons (Fsp3) is 0.923. The molecule has 3 heteroatoms. The summed E-state index contributed by atoms with van der Waals surface area (Å²) in [5.74, 6) is -0.833. The van der Waals surface area contributed by atoms with Crippen LogP contribution in [0.3, 0.4) is 0 Å². The van der Waals surface area contributed by atoms with Crippen LogP contribution in [0.15, 0.2) is 0 Å². The Morgan fingerprint density at radius 3 is 1.94 bits per heavy atom. The lowest BCUT2D eigenvalue weighted by atomic mass is 10.0. The van der Waals surface area contributed by atoms with Crippen LogP contribution in [0.25, 0.3) is 0 Å². The Hall–Kier alpha value is -0.570. The molecule has 0 amide bonds. The lowest BCUT2D eigenvalue weighted by Crippen LogP contribution is -2.19. The van der Waals surface area contributed by atoms with Crippen LogP contribution in [0.2, 0.25) is 0 Å². The van der Waals surface area contributed by atoms with Gasteiger partial charge in [-0.1, -0.05) is 52.4 Å². The second-order valence-electron chi connectivity index (χ2n) is 4.27. The van der Waals surface area contributed by atoms with Crippen LogP contribution >= 0.6 is 0 Å². The largest absolute Gasteiger partial charge is 0.481 e. The molecule has 3 N–H and O–H groups in total. The molecule has 1 unspecified atom stereocenters. The van der Waals surface area contributed by atoms with Crippen molar-refractivity contribution in [1.29, 1.82) is 0 Å². The van der Waals surface area contributed by atoms with Gasteiger partial charge in [-0.15, -0.1) is 0 Å². The van der Waals surface area contributed by atoms with Crippen LogP contribution in [-0.4, -0.2) is 17.1 Å². The SMILES string of the molecule is CC(=O)O.CCCCCCC(N)CCCC. The molecule has 0 aliphatic heterocycles. The molecule has 0 saturated heterocycles. The van der Waals surface area contributed by atoms with E-state index in [-0.39, 0.29) is 0 Å². The predicted molar refractivity (Wildman–Crippen MR) is 69.6 cm³/mol. The molecule has 0 bridgehead atoms. The zero-order valence-electron chi connectivity index (χ0n) is 11.2. The average Bonchev–Trinajstić information content (AvgIpc) is 2.20. The van der Waals surface area contributed by atoms with Gasteiger partial charge in [0.05, 0.1) is 0 Å². The number of aliphatic carboxylic acids is 1. The molecule has 1 atom stereocenters. The molecule has 0 aromatic heterocycles. The maximum absolute atomic E-state index is 9.00. The van der Waals surface area contributed by atoms with Crippen molar-refractivity contribution in [1.82, 2.24) is 0 Å². The van der Waals surface area contributed by atoms with Crippen molar-refractivity contribution in [2.45, 2.75) is 78.2 Å². The first-order valence-corrected chi connectivity index (χ1v) is 6.49. The number of carboxylic acids is 1. The van der Waals surface area contributed by atoms with Gasteiger partial charge in [0.15, 0.2) is 0 Å². The first-order chi connectivity index (χ1) is 7.54. The molecule has 0 heterocycles. The Morgan fingerprint density at radius 1 is 1.06 bits per heavy atom. The van der Waals surface area contributed by atoms with E-state index in [1.165, 1.54) is 51.4 Å². The number of rotatable bonds is 8. The maximum Gasteiger partial charge on any atom is 0.300 e. The van der Waals surface area contributed by atoms with E-state index in [0.717, 1.165) is 6.92 Å². The molecule has 98 valence electrons. The summed E-state index contributed by atoms with van der Waals surface area (Å²) >= 11 is 0. The van der Waals surface area contributed by atoms with E-state index in [4.69, 9.17) is 15.6 Å². The van der Waals surface area contributed by atoms with E-state index in [2.05, 4.69) is 13.8 Å². The van der Waals surface area contributed by atoms with Gasteiger partial charge in [-0.2, -0.15) is 0 Å². The summed E-state index contributed by atoms with van der Waals surface area (Å²) in [6.07, 6.45) is 10.4. The van der Waals surface area contributed by atoms with E-state index in [1.54, 1.807) is 0 Å². The fourth-order valence-electron chi connectivity index (χ4n) is 1.44. The first kappa shape index (κ1) is 17.8. The molecule has 0 radical (unpaired) electrons. The Morgan fingerprint density at radius 2 is 1.50 bits per heavy atom. The van der Waals surface area contributed by atoms with Crippen molar-refractivity contribution in [2.75, 3.05) is 0 Å². The molecule has 0 aromatic carbocycles. The van der Waals surface area contributed by atoms with E-state index in [0.29, 0.717) is 6.04 Å². The highest BCUT2D eigenvalue weighted by molar-refractivity contribution is 5.62. The molecular weight excluding hydrogens is 202 g/mol. The van der Waals surface area contributed by atoms with E-state index in [1.807, 2.05) is 0 Å². The Kier molecular flexibility index (Phi) is 16.1. The Balaban J connectivity index is 0. The lowest BCUT2D eigenvalue weighted by molar-refractivity contribution is -0.134. The van der Waals surface area contributed by atoms with Gasteiger partial charge < -0.3 is 10.8 Å². The van der Waals surface area contributed by atoms with Crippen LogP contribution in [0.1, 0.15) is 72.1 Å². The Bertz CT molecular complexity index is 145. The van der Waals surface area contributed by atoms with E-state index in [9.17, 15) is 0 Å². The van der Waals surface area contributed by atoms with Crippen molar-refractivity contribution < 1.29 is 9.90 Å². The lowest BCUT2D eigenvalue weighted by Gasteiger charge is -2.09. The first-order valence-electron chi connectivity index (χ1n) is 6.49. The molecular formula is C13H29NO2. The Labute approximate surface area is 100 Å². The van der Waals surface area contributed by atoms with Gasteiger partial charge >= 0.3 is 0 Å². The third kappa shape index (κ3) is 23.3. The predicted octanol–water partition coefficient (Wildman–Crippen LogP) is 3.57. The molecule has 3 nitrogen and oxygen atoms in total. The molecule has 0 fully saturated rings. The van der Waals surface area contributed by atoms with Crippen molar-refractivity contribution in [3.8, 4) is 0 Å². The molecule has 0 aliphatic carbocycles. The van der Waals surface area contributed by atoms with Crippen molar-refractivity contribution in [2.24, 2.45) is 5.73 Å². The topological polar surface area (TPSA) is 63.3 Å². The van der Waals surface area contributed by atoms with E-state index < -0.39 is 5.97 Å². The number of nitrogens with two attached hydrogens (primary N) is 1. The second-order valence-corrected chi connectivity index (χ2v) is 4.27. The van der Waals surface area contributed by atoms with Gasteiger partial charge in [0.2, 0.25) is 0 Å². The minimum Gasteiger partial charge on any atom is -0.481 e. The molecule has 0 aromatic rings. The molecule has 16 heavy (non-hydrogen) atoms. The maximum atomic E-state index is 9.00. The highest BCUT2D eigenvalue weighted by Crippen LogP contribution is 2.08. The number of hydrogen-bond donors (Lipinski definition) is 2. The van der Waals surface area contributed by atoms with Gasteiger partial charge in [-0.3, -0.25) is 4.79 Å². The van der Waals surface area contributed by atoms with Gasteiger partial charge in [0.1, 0.15) is 0 Å². The minimum absolute atomic E-state index is 0.474. The number of unbranched alkanes of at least 4 members (excludes halogenated alkanes) is 4. The molecule has 0 spiro atoms. The summed E-state index contributed by atoms with van der Waals surface area (Å²) in [5, 5.41) is 7.42. The van der Waals surface area contributed by atoms with Crippen LogP contribution < -0.4 is 5.73 Å². The van der Waals surface area contributed by atoms with Crippen molar-refractivity contribution in [3.05, 3.63) is 0 Å². The van der Waals surface area contributed by atoms with Gasteiger partial charge in [-0.25, -0.2) is 0 Å². The normalized spacial score (nSPS) is 11.5. The summed E-state index contributed by atoms with van der Waals surface area (Å²) in [6, 6.07) is 0.474. The summed E-state index contributed by atoms with van der Waals surface area (Å²) in [6.45, 7) is 5.56. The third-order valence-corrected chi connectivity index (χ3v) is 2.36. The average molecular weight is 231 g/mol. The minimum atomic E-state index is -0.833. The summed E-state index contributed by atoms with van der Waals surface area (Å²) in [5.41, 5.74) is 5.94. The molecule has 0 saturated carbocycles. The number of hydrogen-bond acceptors (Lipinski definition) is 2. The summed E-state index contributed by atoms with van der Waals surface area (Å²) in [7, 11) is 0. The van der Waals surface area contributed by atoms with Crippen LogP contribution in [0, 0.1) is 0 Å². The highest BCUT2D eigenvalue weighted by atomic mass is 16.4. The monoisotopic (exact) mass is 231 g/mol. The molecule has 0 rings (SSSR count). The number of carbonyl (C=O) groups is 1. The zero-order valence-corrected chi connectivity index (χ0v) is 11.2. The zero-order chi connectivity index (χ0) is 12.8. The standard InChI is InChI=1S/C11H25N.C2H4O2/c1-3-5-7-8-10-11(12)9-6-4-2;1-2(3)4/h11H,3-10,12H2,1-2H3;1H3,(H,3,4). The van der Waals surface area contributed by atoms with Crippen LogP contribution in [0.5, 0.6) is 0 Å². The third-order valence-electron chi connectivity index (χ3n) is 2.36. The quantitative estimate of drug-likeness (QED) is 0.628. The smallest absolute Gasteiger partial charge is 0.300 e.